The van der Waals surface area contributed by atoms with Crippen molar-refractivity contribution in [3.8, 4) is 5.88 Å². The van der Waals surface area contributed by atoms with Gasteiger partial charge in [-0.1, -0.05) is 19.8 Å². The number of methoxy groups -OCH3 is 1. The highest BCUT2D eigenvalue weighted by Crippen LogP contribution is 2.36. The van der Waals surface area contributed by atoms with E-state index in [4.69, 9.17) is 21.3 Å². The standard InChI is InChI=1S/C16H22ClN3O/c1-11-5-3-4-6-13(11)20-14(9-10-17)18-12-7-8-15(21-2)19-16(12)20/h7-8,11,13H,3-6,9-10H2,1-2H3. The van der Waals surface area contributed by atoms with Gasteiger partial charge in [-0.05, 0) is 24.8 Å². The zero-order chi connectivity index (χ0) is 14.8. The van der Waals surface area contributed by atoms with Crippen molar-refractivity contribution in [2.75, 3.05) is 13.0 Å². The fraction of sp³-hybridized carbons (Fsp3) is 0.625. The van der Waals surface area contributed by atoms with Crippen molar-refractivity contribution >= 4 is 22.8 Å². The number of rotatable bonds is 4. The van der Waals surface area contributed by atoms with Crippen LogP contribution in [0.3, 0.4) is 0 Å². The number of aryl methyl sites for hydroxylation is 1. The Labute approximate surface area is 130 Å². The second kappa shape index (κ2) is 6.22. The highest BCUT2D eigenvalue weighted by atomic mass is 35.5. The summed E-state index contributed by atoms with van der Waals surface area (Å²) >= 11 is 5.97. The number of fused-ring (bicyclic) bond motifs is 1. The zero-order valence-electron chi connectivity index (χ0n) is 12.7. The first-order valence-corrected chi connectivity index (χ1v) is 8.26. The molecular weight excluding hydrogens is 286 g/mol. The summed E-state index contributed by atoms with van der Waals surface area (Å²) in [5.74, 6) is 2.93. The predicted molar refractivity (Wildman–Crippen MR) is 85.2 cm³/mol. The van der Waals surface area contributed by atoms with E-state index in [0.717, 1.165) is 23.4 Å². The van der Waals surface area contributed by atoms with Gasteiger partial charge in [0.25, 0.3) is 0 Å². The Bertz CT molecular complexity index is 625. The van der Waals surface area contributed by atoms with Crippen LogP contribution in [0.2, 0.25) is 0 Å². The Balaban J connectivity index is 2.13. The number of hydrogen-bond donors (Lipinski definition) is 0. The van der Waals surface area contributed by atoms with Crippen LogP contribution in [0.25, 0.3) is 11.2 Å². The van der Waals surface area contributed by atoms with Crippen molar-refractivity contribution in [3.63, 3.8) is 0 Å². The molecule has 1 aliphatic rings. The van der Waals surface area contributed by atoms with E-state index in [1.54, 1.807) is 7.11 Å². The Hall–Kier alpha value is -1.29. The highest BCUT2D eigenvalue weighted by molar-refractivity contribution is 6.17. The number of pyridine rings is 1. The molecule has 5 heteroatoms. The lowest BCUT2D eigenvalue weighted by Gasteiger charge is -2.31. The van der Waals surface area contributed by atoms with Crippen molar-refractivity contribution in [2.45, 2.75) is 45.1 Å². The first-order valence-electron chi connectivity index (χ1n) is 7.72. The fourth-order valence-corrected chi connectivity index (χ4v) is 3.58. The van der Waals surface area contributed by atoms with Gasteiger partial charge in [0, 0.05) is 24.4 Å². The molecule has 2 heterocycles. The molecule has 3 rings (SSSR count). The van der Waals surface area contributed by atoms with E-state index in [-0.39, 0.29) is 0 Å². The number of imidazole rings is 1. The summed E-state index contributed by atoms with van der Waals surface area (Å²) in [5.41, 5.74) is 1.88. The lowest BCUT2D eigenvalue weighted by molar-refractivity contribution is 0.256. The molecule has 4 nitrogen and oxygen atoms in total. The quantitative estimate of drug-likeness (QED) is 0.802. The molecule has 2 aromatic rings. The molecule has 0 amide bonds. The largest absolute Gasteiger partial charge is 0.481 e. The summed E-state index contributed by atoms with van der Waals surface area (Å²) in [7, 11) is 1.65. The lowest BCUT2D eigenvalue weighted by atomic mass is 9.85. The molecule has 2 atom stereocenters. The SMILES string of the molecule is COc1ccc2nc(CCCl)n(C3CCCCC3C)c2n1. The third-order valence-electron chi connectivity index (χ3n) is 4.51. The van der Waals surface area contributed by atoms with Gasteiger partial charge in [0.05, 0.1) is 7.11 Å². The van der Waals surface area contributed by atoms with Crippen LogP contribution in [0.4, 0.5) is 0 Å². The van der Waals surface area contributed by atoms with Crippen LogP contribution >= 0.6 is 11.6 Å². The number of halogens is 1. The maximum Gasteiger partial charge on any atom is 0.215 e. The lowest BCUT2D eigenvalue weighted by Crippen LogP contribution is -2.23. The summed E-state index contributed by atoms with van der Waals surface area (Å²) in [5, 5.41) is 0. The Morgan fingerprint density at radius 1 is 1.29 bits per heavy atom. The average molecular weight is 308 g/mol. The minimum Gasteiger partial charge on any atom is -0.481 e. The van der Waals surface area contributed by atoms with Crippen molar-refractivity contribution < 1.29 is 4.74 Å². The van der Waals surface area contributed by atoms with E-state index in [1.165, 1.54) is 25.7 Å². The molecule has 0 saturated heterocycles. The van der Waals surface area contributed by atoms with Crippen LogP contribution in [0.1, 0.15) is 44.5 Å². The zero-order valence-corrected chi connectivity index (χ0v) is 13.4. The topological polar surface area (TPSA) is 39.9 Å². The van der Waals surface area contributed by atoms with Crippen LogP contribution in [0, 0.1) is 5.92 Å². The van der Waals surface area contributed by atoms with Crippen molar-refractivity contribution in [3.05, 3.63) is 18.0 Å². The summed E-state index contributed by atoms with van der Waals surface area (Å²) < 4.78 is 7.61. The smallest absolute Gasteiger partial charge is 0.215 e. The van der Waals surface area contributed by atoms with Gasteiger partial charge >= 0.3 is 0 Å². The average Bonchev–Trinajstić information content (AvgIpc) is 2.85. The number of ether oxygens (including phenoxy) is 1. The molecule has 0 N–H and O–H groups in total. The van der Waals surface area contributed by atoms with Crippen molar-refractivity contribution in [2.24, 2.45) is 5.92 Å². The van der Waals surface area contributed by atoms with E-state index in [0.29, 0.717) is 23.7 Å². The van der Waals surface area contributed by atoms with E-state index < -0.39 is 0 Å². The van der Waals surface area contributed by atoms with Gasteiger partial charge in [-0.15, -0.1) is 11.6 Å². The normalized spacial score (nSPS) is 22.6. The Morgan fingerprint density at radius 2 is 2.10 bits per heavy atom. The van der Waals surface area contributed by atoms with Gasteiger partial charge < -0.3 is 9.30 Å². The van der Waals surface area contributed by atoms with Crippen LogP contribution in [-0.2, 0) is 6.42 Å². The summed E-state index contributed by atoms with van der Waals surface area (Å²) in [6.45, 7) is 2.33. The minimum absolute atomic E-state index is 0.474. The van der Waals surface area contributed by atoms with Gasteiger partial charge in [-0.3, -0.25) is 0 Å². The summed E-state index contributed by atoms with van der Waals surface area (Å²) in [6, 6.07) is 4.33. The number of nitrogens with zero attached hydrogens (tertiary/aromatic N) is 3. The van der Waals surface area contributed by atoms with Gasteiger partial charge in [0.15, 0.2) is 5.65 Å². The Kier molecular flexibility index (Phi) is 4.34. The molecule has 0 radical (unpaired) electrons. The highest BCUT2D eigenvalue weighted by Gasteiger charge is 2.27. The molecule has 114 valence electrons. The molecule has 0 aliphatic heterocycles. The number of alkyl halides is 1. The molecule has 2 unspecified atom stereocenters. The van der Waals surface area contributed by atoms with Crippen LogP contribution in [0.5, 0.6) is 5.88 Å². The van der Waals surface area contributed by atoms with Crippen molar-refractivity contribution in [1.82, 2.24) is 14.5 Å². The van der Waals surface area contributed by atoms with E-state index in [1.807, 2.05) is 12.1 Å². The third kappa shape index (κ3) is 2.73. The molecule has 0 bridgehead atoms. The maximum absolute atomic E-state index is 5.97. The van der Waals surface area contributed by atoms with E-state index >= 15 is 0 Å². The first kappa shape index (κ1) is 14.6. The molecule has 0 spiro atoms. The van der Waals surface area contributed by atoms with Gasteiger partial charge in [-0.2, -0.15) is 4.98 Å². The summed E-state index contributed by atoms with van der Waals surface area (Å²) in [6.07, 6.45) is 5.85. The van der Waals surface area contributed by atoms with Crippen molar-refractivity contribution in [1.29, 1.82) is 0 Å². The Morgan fingerprint density at radius 3 is 2.81 bits per heavy atom. The molecule has 2 aromatic heterocycles. The molecule has 1 fully saturated rings. The first-order chi connectivity index (χ1) is 10.2. The van der Waals surface area contributed by atoms with Gasteiger partial charge in [0.1, 0.15) is 11.3 Å². The summed E-state index contributed by atoms with van der Waals surface area (Å²) in [4.78, 5) is 9.39. The molecule has 1 saturated carbocycles. The second-order valence-electron chi connectivity index (χ2n) is 5.86. The monoisotopic (exact) mass is 307 g/mol. The van der Waals surface area contributed by atoms with Crippen LogP contribution < -0.4 is 4.74 Å². The van der Waals surface area contributed by atoms with Crippen LogP contribution in [0.15, 0.2) is 12.1 Å². The minimum atomic E-state index is 0.474. The molecule has 1 aliphatic carbocycles. The molecular formula is C16H22ClN3O. The second-order valence-corrected chi connectivity index (χ2v) is 6.24. The van der Waals surface area contributed by atoms with E-state index in [2.05, 4.69) is 16.5 Å². The number of aromatic nitrogens is 3. The van der Waals surface area contributed by atoms with Gasteiger partial charge in [-0.25, -0.2) is 4.98 Å². The van der Waals surface area contributed by atoms with Gasteiger partial charge in [0.2, 0.25) is 5.88 Å². The number of hydrogen-bond acceptors (Lipinski definition) is 3. The maximum atomic E-state index is 5.97. The van der Waals surface area contributed by atoms with Crippen LogP contribution in [-0.4, -0.2) is 27.5 Å². The predicted octanol–water partition coefficient (Wildman–Crippen LogP) is 3.97. The molecule has 21 heavy (non-hydrogen) atoms. The van der Waals surface area contributed by atoms with E-state index in [9.17, 15) is 0 Å². The third-order valence-corrected chi connectivity index (χ3v) is 4.70. The molecule has 0 aromatic carbocycles. The fourth-order valence-electron chi connectivity index (χ4n) is 3.41.